The molecule has 2 heteroatoms. The van der Waals surface area contributed by atoms with E-state index < -0.39 is 0 Å². The third-order valence-electron chi connectivity index (χ3n) is 7.24. The summed E-state index contributed by atoms with van der Waals surface area (Å²) in [5, 5.41) is 6.91. The summed E-state index contributed by atoms with van der Waals surface area (Å²) in [4.78, 5) is 2.45. The van der Waals surface area contributed by atoms with Crippen LogP contribution in [0.2, 0.25) is 0 Å². The maximum Gasteiger partial charge on any atom is 0.0455 e. The van der Waals surface area contributed by atoms with Crippen LogP contribution in [0.25, 0.3) is 10.8 Å². The molecule has 2 aliphatic rings. The lowest BCUT2D eigenvalue weighted by Gasteiger charge is -2.46. The van der Waals surface area contributed by atoms with Gasteiger partial charge in [-0.1, -0.05) is 66.7 Å². The van der Waals surface area contributed by atoms with Gasteiger partial charge >= 0.3 is 0 Å². The fourth-order valence-electron chi connectivity index (χ4n) is 5.68. The number of nitrogens with one attached hydrogen (secondary N) is 1. The highest BCUT2D eigenvalue weighted by molar-refractivity contribution is 5.91. The van der Waals surface area contributed by atoms with Crippen molar-refractivity contribution >= 4 is 10.8 Å². The fraction of sp³-hybridized carbons (Fsp3) is 0.385. The molecule has 1 unspecified atom stereocenters. The quantitative estimate of drug-likeness (QED) is 0.659. The number of nitrogens with zero attached hydrogens (tertiary/aromatic N) is 1. The number of benzene rings is 3. The van der Waals surface area contributed by atoms with Crippen molar-refractivity contribution in [1.29, 1.82) is 0 Å². The molecule has 1 fully saturated rings. The molecule has 1 saturated carbocycles. The average Bonchev–Trinajstić information content (AvgIpc) is 3.09. The van der Waals surface area contributed by atoms with Gasteiger partial charge in [0.25, 0.3) is 0 Å². The van der Waals surface area contributed by atoms with Gasteiger partial charge in [0.2, 0.25) is 0 Å². The molecule has 0 spiro atoms. The molecule has 0 heterocycles. The molecular formula is C26H30N2. The van der Waals surface area contributed by atoms with Crippen LogP contribution in [0.15, 0.2) is 66.7 Å². The van der Waals surface area contributed by atoms with Crippen LogP contribution in [0.5, 0.6) is 0 Å². The molecule has 2 aliphatic carbocycles. The summed E-state index contributed by atoms with van der Waals surface area (Å²) in [5.74, 6) is 0. The highest BCUT2D eigenvalue weighted by Crippen LogP contribution is 2.43. The molecule has 1 atom stereocenters. The smallest absolute Gasteiger partial charge is 0.0455 e. The Hall–Kier alpha value is -2.16. The number of hydrogen-bond donors (Lipinski definition) is 1. The topological polar surface area (TPSA) is 15.3 Å². The molecule has 0 bridgehead atoms. The first kappa shape index (κ1) is 17.9. The highest BCUT2D eigenvalue weighted by Gasteiger charge is 2.39. The predicted molar refractivity (Wildman–Crippen MR) is 118 cm³/mol. The van der Waals surface area contributed by atoms with E-state index >= 15 is 0 Å². The second-order valence-corrected chi connectivity index (χ2v) is 8.85. The minimum atomic E-state index is 0.179. The fourth-order valence-corrected chi connectivity index (χ4v) is 5.68. The van der Waals surface area contributed by atoms with Crippen molar-refractivity contribution < 1.29 is 0 Å². The second-order valence-electron chi connectivity index (χ2n) is 8.85. The predicted octanol–water partition coefficient (Wildman–Crippen LogP) is 5.43. The van der Waals surface area contributed by atoms with Gasteiger partial charge in [-0.2, -0.15) is 0 Å². The molecule has 0 aliphatic heterocycles. The van der Waals surface area contributed by atoms with Gasteiger partial charge in [-0.3, -0.25) is 4.90 Å². The van der Waals surface area contributed by atoms with Crippen molar-refractivity contribution in [3.05, 3.63) is 83.4 Å². The van der Waals surface area contributed by atoms with E-state index in [0.29, 0.717) is 12.1 Å². The maximum absolute atomic E-state index is 4.03. The summed E-state index contributed by atoms with van der Waals surface area (Å²) in [6, 6.07) is 25.7. The third kappa shape index (κ3) is 2.87. The Bertz CT molecular complexity index is 963. The Morgan fingerprint density at radius 1 is 0.857 bits per heavy atom. The van der Waals surface area contributed by atoms with E-state index in [-0.39, 0.29) is 5.54 Å². The Morgan fingerprint density at radius 2 is 1.57 bits per heavy atom. The first-order valence-electron chi connectivity index (χ1n) is 10.7. The summed E-state index contributed by atoms with van der Waals surface area (Å²) >= 11 is 0. The molecule has 0 aromatic heterocycles. The molecule has 3 aromatic carbocycles. The lowest BCUT2D eigenvalue weighted by atomic mass is 9.74. The molecule has 5 rings (SSSR count). The summed E-state index contributed by atoms with van der Waals surface area (Å²) in [7, 11) is 4.49. The second kappa shape index (κ2) is 7.02. The van der Waals surface area contributed by atoms with Gasteiger partial charge in [0, 0.05) is 17.6 Å². The lowest BCUT2D eigenvalue weighted by molar-refractivity contribution is 0.0834. The van der Waals surface area contributed by atoms with Crippen LogP contribution < -0.4 is 5.32 Å². The Morgan fingerprint density at radius 3 is 2.29 bits per heavy atom. The zero-order valence-corrected chi connectivity index (χ0v) is 17.0. The molecule has 0 radical (unpaired) electrons. The third-order valence-corrected chi connectivity index (χ3v) is 7.24. The molecule has 28 heavy (non-hydrogen) atoms. The zero-order chi connectivity index (χ0) is 19.1. The van der Waals surface area contributed by atoms with Gasteiger partial charge in [0.05, 0.1) is 0 Å². The van der Waals surface area contributed by atoms with Crippen LogP contribution in [0.4, 0.5) is 0 Å². The Kier molecular flexibility index (Phi) is 4.49. The SMILES string of the molecule is CN(C)C1(c2ccccc2)CCC(NC2Cc3cccc4cccc2c34)CC1. The maximum atomic E-state index is 4.03. The standard InChI is InChI=1S/C26H30N2/c1-28(2)26(21-11-4-3-5-12-21)16-14-22(15-17-26)27-24-18-20-10-6-8-19-9-7-13-23(24)25(19)20/h3-13,22,24,27H,14-18H2,1-2H3. The van der Waals surface area contributed by atoms with Gasteiger partial charge in [-0.25, -0.2) is 0 Å². The lowest BCUT2D eigenvalue weighted by Crippen LogP contribution is -2.48. The van der Waals surface area contributed by atoms with Gasteiger partial charge in [-0.15, -0.1) is 0 Å². The first-order chi connectivity index (χ1) is 13.7. The zero-order valence-electron chi connectivity index (χ0n) is 17.0. The van der Waals surface area contributed by atoms with Gasteiger partial charge < -0.3 is 5.32 Å². The summed E-state index contributed by atoms with van der Waals surface area (Å²) in [6.07, 6.45) is 6.02. The summed E-state index contributed by atoms with van der Waals surface area (Å²) in [6.45, 7) is 0. The number of rotatable bonds is 4. The van der Waals surface area contributed by atoms with Crippen LogP contribution in [0, 0.1) is 0 Å². The van der Waals surface area contributed by atoms with E-state index in [9.17, 15) is 0 Å². The summed E-state index contributed by atoms with van der Waals surface area (Å²) < 4.78 is 0. The first-order valence-corrected chi connectivity index (χ1v) is 10.7. The van der Waals surface area contributed by atoms with Gasteiger partial charge in [0.15, 0.2) is 0 Å². The van der Waals surface area contributed by atoms with E-state index in [1.807, 2.05) is 0 Å². The van der Waals surface area contributed by atoms with E-state index in [4.69, 9.17) is 0 Å². The molecule has 0 saturated heterocycles. The van der Waals surface area contributed by atoms with Crippen LogP contribution in [-0.2, 0) is 12.0 Å². The normalized spacial score (nSPS) is 26.8. The molecule has 2 nitrogen and oxygen atoms in total. The molecule has 144 valence electrons. The van der Waals surface area contributed by atoms with Crippen molar-refractivity contribution in [2.24, 2.45) is 0 Å². The molecular weight excluding hydrogens is 340 g/mol. The minimum absolute atomic E-state index is 0.179. The van der Waals surface area contributed by atoms with E-state index in [2.05, 4.69) is 91.0 Å². The van der Waals surface area contributed by atoms with Crippen LogP contribution in [-0.4, -0.2) is 25.0 Å². The van der Waals surface area contributed by atoms with E-state index in [1.54, 1.807) is 0 Å². The van der Waals surface area contributed by atoms with Crippen molar-refractivity contribution in [2.75, 3.05) is 14.1 Å². The van der Waals surface area contributed by atoms with E-state index in [0.717, 1.165) is 6.42 Å². The van der Waals surface area contributed by atoms with Crippen LogP contribution in [0.1, 0.15) is 48.4 Å². The van der Waals surface area contributed by atoms with Crippen LogP contribution >= 0.6 is 0 Å². The highest BCUT2D eigenvalue weighted by atomic mass is 15.1. The summed E-state index contributed by atoms with van der Waals surface area (Å²) in [5.41, 5.74) is 4.66. The van der Waals surface area contributed by atoms with Crippen LogP contribution in [0.3, 0.4) is 0 Å². The number of hydrogen-bond acceptors (Lipinski definition) is 2. The van der Waals surface area contributed by atoms with Gasteiger partial charge in [-0.05, 0) is 73.7 Å². The molecule has 0 amide bonds. The van der Waals surface area contributed by atoms with Crippen molar-refractivity contribution in [1.82, 2.24) is 10.2 Å². The van der Waals surface area contributed by atoms with Crippen molar-refractivity contribution in [3.8, 4) is 0 Å². The van der Waals surface area contributed by atoms with Crippen molar-refractivity contribution in [2.45, 2.75) is 49.7 Å². The Balaban J connectivity index is 1.33. The van der Waals surface area contributed by atoms with E-state index in [1.165, 1.54) is 53.1 Å². The van der Waals surface area contributed by atoms with Crippen molar-refractivity contribution in [3.63, 3.8) is 0 Å². The monoisotopic (exact) mass is 370 g/mol. The molecule has 3 aromatic rings. The Labute approximate surface area is 168 Å². The van der Waals surface area contributed by atoms with Gasteiger partial charge in [0.1, 0.15) is 0 Å². The average molecular weight is 371 g/mol. The molecule has 1 N–H and O–H groups in total. The largest absolute Gasteiger partial charge is 0.307 e. The minimum Gasteiger partial charge on any atom is -0.307 e.